The van der Waals surface area contributed by atoms with Crippen molar-refractivity contribution in [3.05, 3.63) is 81.9 Å². The minimum Gasteiger partial charge on any atom is -0.456 e. The molecule has 33 rings (SSSR count). The number of hydrogen-bond acceptors (Lipinski definition) is 4. The second-order valence-electron chi connectivity index (χ2n) is 31.4. The van der Waals surface area contributed by atoms with Gasteiger partial charge >= 0.3 is 11.9 Å². The fourth-order valence-corrected chi connectivity index (χ4v) is 26.0. The van der Waals surface area contributed by atoms with E-state index in [4.69, 9.17) is 9.47 Å². The minimum absolute atomic E-state index is 0.316. The molecule has 0 N–H and O–H groups in total. The zero-order chi connectivity index (χ0) is 54.7. The lowest BCUT2D eigenvalue weighted by Crippen LogP contribution is -2.33. The minimum atomic E-state index is -0.947. The number of esters is 2. The van der Waals surface area contributed by atoms with Crippen LogP contribution in [0.2, 0.25) is 0 Å². The second kappa shape index (κ2) is 9.05. The highest BCUT2D eigenvalue weighted by molar-refractivity contribution is 6.84. The summed E-state index contributed by atoms with van der Waals surface area (Å²) in [6, 6.07) is 17.5. The predicted octanol–water partition coefficient (Wildman–Crippen LogP) is 22.3. The SMILES string of the molecule is CC(C)(C)OC(=O)c1ccc(C2(c3ccc(C(=O)OC(C)(C)C)cc3)c3c4c5c6c2c2c7c8c3c3c9c4c4c%10c5c5c%11c6c6c2c2c7c7c%12c8c3c3c8c9c4c4c9c%10c5c5c%10c%11c6c6c2c2c7c7c%12c3c3c8c4c4c9c5c5c%10c6c2c2c7c3c4c52)cc1. The van der Waals surface area contributed by atoms with Crippen LogP contribution < -0.4 is 0 Å². The van der Waals surface area contributed by atoms with E-state index >= 15 is 0 Å². The molecule has 0 fully saturated rings. The van der Waals surface area contributed by atoms with Gasteiger partial charge in [-0.05, 0) is 400 Å². The van der Waals surface area contributed by atoms with Gasteiger partial charge in [-0.15, -0.1) is 0 Å². The van der Waals surface area contributed by atoms with Gasteiger partial charge in [-0.1, -0.05) is 24.3 Å². The van der Waals surface area contributed by atoms with Crippen molar-refractivity contribution in [3.8, 4) is 0 Å². The molecular weight excluding hydrogens is 1060 g/mol. The smallest absolute Gasteiger partial charge is 0.338 e. The molecule has 0 spiro atoms. The fraction of sp³-hybridized carbons (Fsp3) is 0.108. The van der Waals surface area contributed by atoms with Gasteiger partial charge in [-0.25, -0.2) is 9.59 Å². The average Bonchev–Trinajstić information content (AvgIpc) is 1.39. The molecule has 1 aliphatic rings. The molecule has 0 aromatic heterocycles. The maximum Gasteiger partial charge on any atom is 0.338 e. The van der Waals surface area contributed by atoms with Gasteiger partial charge in [0.15, 0.2) is 0 Å². The van der Waals surface area contributed by atoms with Gasteiger partial charge < -0.3 is 9.47 Å². The Balaban J connectivity index is 0.995. The number of ether oxygens (including phenoxy) is 2. The summed E-state index contributed by atoms with van der Waals surface area (Å²) >= 11 is 0. The molecule has 0 saturated carbocycles. The van der Waals surface area contributed by atoms with Gasteiger partial charge in [0.25, 0.3) is 0 Å². The molecule has 382 valence electrons. The number of hydrogen-bond donors (Lipinski definition) is 0. The standard InChI is InChI=1S/C83H26O4/c1-81(2,3)86-79(84)15-7-11-17(12-8-15)83(18-13-9-16(10-14-18)80(85)87-82(4,5)6)77-73-66-59-47-39-30-21-19-20-22-25(21)34-41(39)49-50-42(34)40-31(22)33-29-24(20)27-26-23(19)28-32(30)45(47)53-51-37(28)35(26)43-44-36(27)38(29)52-54-46(33)48(40)60-62(50)71(70(73)61(49)59)74-67(60)65(54)69-58(52)56(44)63-55(43)57(51)68(64(53)66)75(77)72(63)76(69)78(74)83/h7-14H,1-6H3. The zero-order valence-corrected chi connectivity index (χ0v) is 46.8. The first-order chi connectivity index (χ1) is 42.4. The number of carbonyl (C=O) groups excluding carboxylic acids is 2. The van der Waals surface area contributed by atoms with Gasteiger partial charge in [0.05, 0.1) is 16.5 Å². The van der Waals surface area contributed by atoms with Gasteiger partial charge in [-0.3, -0.25) is 0 Å². The highest BCUT2D eigenvalue weighted by Crippen LogP contribution is 2.81. The average molecular weight is 1090 g/mol. The Labute approximate surface area is 480 Å². The van der Waals surface area contributed by atoms with Gasteiger partial charge in [0.1, 0.15) is 11.2 Å². The third-order valence-electron chi connectivity index (χ3n) is 26.9. The molecule has 0 amide bonds. The number of fused-ring (bicyclic) bond motifs is 5. The van der Waals surface area contributed by atoms with Gasteiger partial charge in [0.2, 0.25) is 0 Å². The van der Waals surface area contributed by atoms with E-state index in [1.165, 1.54) is 173 Å². The van der Waals surface area contributed by atoms with Crippen LogP contribution in [0.5, 0.6) is 0 Å². The summed E-state index contributed by atoms with van der Waals surface area (Å²) in [6.07, 6.45) is 0. The van der Waals surface area contributed by atoms with Crippen LogP contribution in [-0.2, 0) is 14.9 Å². The Hall–Kier alpha value is -10.4. The van der Waals surface area contributed by atoms with E-state index in [2.05, 4.69) is 48.5 Å². The van der Waals surface area contributed by atoms with Crippen LogP contribution in [0.25, 0.3) is 312 Å². The monoisotopic (exact) mass is 1090 g/mol. The van der Waals surface area contributed by atoms with E-state index < -0.39 is 16.6 Å². The van der Waals surface area contributed by atoms with Crippen molar-refractivity contribution in [3.63, 3.8) is 0 Å². The molecule has 0 aliphatic heterocycles. The Bertz CT molecular complexity index is 8030. The van der Waals surface area contributed by atoms with Crippen molar-refractivity contribution < 1.29 is 19.1 Å². The topological polar surface area (TPSA) is 52.6 Å². The molecule has 4 heteroatoms. The van der Waals surface area contributed by atoms with Crippen molar-refractivity contribution in [2.75, 3.05) is 0 Å². The van der Waals surface area contributed by atoms with Crippen molar-refractivity contribution in [1.82, 2.24) is 0 Å². The Morgan fingerprint density at radius 2 is 0.345 bits per heavy atom. The number of carbonyl (C=O) groups is 2. The first kappa shape index (κ1) is 37.1. The second-order valence-corrected chi connectivity index (χ2v) is 31.4. The van der Waals surface area contributed by atoms with Crippen LogP contribution in [-0.4, -0.2) is 23.1 Å². The van der Waals surface area contributed by atoms with Crippen LogP contribution in [0, 0.1) is 0 Å². The van der Waals surface area contributed by atoms with E-state index in [-0.39, 0.29) is 11.9 Å². The third kappa shape index (κ3) is 2.46. The molecule has 32 aromatic carbocycles. The van der Waals surface area contributed by atoms with Crippen LogP contribution >= 0.6 is 0 Å². The first-order valence-corrected chi connectivity index (χ1v) is 31.6. The van der Waals surface area contributed by atoms with Crippen molar-refractivity contribution in [1.29, 1.82) is 0 Å². The van der Waals surface area contributed by atoms with Gasteiger partial charge in [0, 0.05) is 0 Å². The largest absolute Gasteiger partial charge is 0.456 e. The van der Waals surface area contributed by atoms with Crippen LogP contribution in [0.1, 0.15) is 84.5 Å². The third-order valence-corrected chi connectivity index (χ3v) is 26.9. The lowest BCUT2D eigenvalue weighted by molar-refractivity contribution is 0.00570. The van der Waals surface area contributed by atoms with Crippen molar-refractivity contribution in [2.24, 2.45) is 0 Å². The molecule has 1 aliphatic carbocycles. The van der Waals surface area contributed by atoms with E-state index in [1.54, 1.807) is 151 Å². The maximum atomic E-state index is 14.4. The number of rotatable bonds is 4. The van der Waals surface area contributed by atoms with Crippen LogP contribution in [0.15, 0.2) is 48.5 Å². The lowest BCUT2D eigenvalue weighted by Gasteiger charge is -2.42. The number of benzene rings is 21. The van der Waals surface area contributed by atoms with Gasteiger partial charge in [-0.2, -0.15) is 0 Å². The van der Waals surface area contributed by atoms with Crippen molar-refractivity contribution >= 4 is 324 Å². The molecule has 0 atom stereocenters. The highest BCUT2D eigenvalue weighted by Gasteiger charge is 2.56. The van der Waals surface area contributed by atoms with Crippen molar-refractivity contribution in [2.45, 2.75) is 58.2 Å². The summed E-state index contributed by atoms with van der Waals surface area (Å²) in [6.45, 7) is 11.7. The fourth-order valence-electron chi connectivity index (χ4n) is 26.0. The zero-order valence-electron chi connectivity index (χ0n) is 46.8. The summed E-state index contributed by atoms with van der Waals surface area (Å²) in [5, 5.41) is 89.0. The Kier molecular flexibility index (Phi) is 3.86. The van der Waals surface area contributed by atoms with E-state index in [0.717, 1.165) is 11.1 Å². The molecular formula is C83H26O4. The summed E-state index contributed by atoms with van der Waals surface area (Å²) < 4.78 is 12.4. The summed E-state index contributed by atoms with van der Waals surface area (Å²) in [7, 11) is 0. The normalized spacial score (nSPS) is 17.0. The van der Waals surface area contributed by atoms with Crippen LogP contribution in [0.3, 0.4) is 0 Å². The summed E-state index contributed by atoms with van der Waals surface area (Å²) in [5.74, 6) is -0.633. The first-order valence-electron chi connectivity index (χ1n) is 31.6. The van der Waals surface area contributed by atoms with E-state index in [0.29, 0.717) is 11.1 Å². The molecule has 0 bridgehead atoms. The Morgan fingerprint density at radius 1 is 0.218 bits per heavy atom. The predicted molar refractivity (Wildman–Crippen MR) is 363 cm³/mol. The molecule has 0 saturated heterocycles. The molecule has 4 nitrogen and oxygen atoms in total. The lowest BCUT2D eigenvalue weighted by atomic mass is 9.58. The highest BCUT2D eigenvalue weighted by atomic mass is 16.6. The molecule has 0 radical (unpaired) electrons. The quantitative estimate of drug-likeness (QED) is 0.130. The Morgan fingerprint density at radius 3 is 0.483 bits per heavy atom. The summed E-state index contributed by atoms with van der Waals surface area (Å²) in [4.78, 5) is 28.8. The molecule has 0 heterocycles. The van der Waals surface area contributed by atoms with E-state index in [1.807, 2.05) is 41.5 Å². The molecule has 0 unspecified atom stereocenters. The summed E-state index contributed by atoms with van der Waals surface area (Å²) in [5.41, 5.74) is 3.91. The maximum absolute atomic E-state index is 14.4. The van der Waals surface area contributed by atoms with E-state index in [9.17, 15) is 9.59 Å². The molecule has 87 heavy (non-hydrogen) atoms. The van der Waals surface area contributed by atoms with Crippen LogP contribution in [0.4, 0.5) is 0 Å². The molecule has 32 aromatic rings.